The number of amides is 1. The number of hydrogen-bond acceptors (Lipinski definition) is 3. The Bertz CT molecular complexity index is 748. The van der Waals surface area contributed by atoms with Crippen LogP contribution >= 0.6 is 27.5 Å². The Morgan fingerprint density at radius 1 is 1.23 bits per heavy atom. The molecule has 0 saturated carbocycles. The zero-order valence-electron chi connectivity index (χ0n) is 11.4. The summed E-state index contributed by atoms with van der Waals surface area (Å²) in [6.45, 7) is 0. The second-order valence-corrected chi connectivity index (χ2v) is 5.62. The highest BCUT2D eigenvalue weighted by atomic mass is 79.9. The Hall–Kier alpha value is -2.05. The van der Waals surface area contributed by atoms with E-state index in [9.17, 15) is 9.59 Å². The standard InChI is InChI=1S/C15H11BrClNO4/c1-22-13-5-3-9(16)7-10(13)14(19)18-12-6-8(15(20)21)2-4-11(12)17/h2-7H,1H3,(H,18,19)(H,20,21). The lowest BCUT2D eigenvalue weighted by molar-refractivity contribution is 0.0696. The summed E-state index contributed by atoms with van der Waals surface area (Å²) in [5.74, 6) is -1.17. The lowest BCUT2D eigenvalue weighted by Crippen LogP contribution is -2.14. The number of methoxy groups -OCH3 is 1. The molecule has 0 radical (unpaired) electrons. The number of aromatic carboxylic acids is 1. The van der Waals surface area contributed by atoms with Gasteiger partial charge in [-0.1, -0.05) is 27.5 Å². The van der Waals surface area contributed by atoms with Gasteiger partial charge in [-0.15, -0.1) is 0 Å². The molecule has 0 fully saturated rings. The van der Waals surface area contributed by atoms with Crippen LogP contribution in [0.2, 0.25) is 5.02 Å². The fourth-order valence-corrected chi connectivity index (χ4v) is 2.33. The van der Waals surface area contributed by atoms with Crippen molar-refractivity contribution in [3.63, 3.8) is 0 Å². The van der Waals surface area contributed by atoms with E-state index in [0.717, 1.165) is 0 Å². The molecule has 2 N–H and O–H groups in total. The first-order valence-electron chi connectivity index (χ1n) is 6.10. The number of benzene rings is 2. The van der Waals surface area contributed by atoms with E-state index >= 15 is 0 Å². The van der Waals surface area contributed by atoms with Crippen molar-refractivity contribution >= 4 is 45.1 Å². The van der Waals surface area contributed by atoms with Gasteiger partial charge in [0, 0.05) is 4.47 Å². The number of carboxylic acid groups (broad SMARTS) is 1. The maximum Gasteiger partial charge on any atom is 0.335 e. The summed E-state index contributed by atoms with van der Waals surface area (Å²) in [7, 11) is 1.46. The van der Waals surface area contributed by atoms with Crippen molar-refractivity contribution < 1.29 is 19.4 Å². The first-order chi connectivity index (χ1) is 10.4. The summed E-state index contributed by atoms with van der Waals surface area (Å²) >= 11 is 9.27. The molecule has 2 aromatic rings. The molecule has 0 atom stereocenters. The third-order valence-electron chi connectivity index (χ3n) is 2.87. The Morgan fingerprint density at radius 2 is 1.95 bits per heavy atom. The number of carboxylic acids is 1. The Labute approximate surface area is 140 Å². The minimum Gasteiger partial charge on any atom is -0.496 e. The van der Waals surface area contributed by atoms with E-state index in [1.54, 1.807) is 18.2 Å². The third-order valence-corrected chi connectivity index (χ3v) is 3.69. The van der Waals surface area contributed by atoms with Gasteiger partial charge >= 0.3 is 5.97 Å². The van der Waals surface area contributed by atoms with Crippen LogP contribution in [0.5, 0.6) is 5.75 Å². The van der Waals surface area contributed by atoms with Crippen molar-refractivity contribution in [1.29, 1.82) is 0 Å². The van der Waals surface area contributed by atoms with Crippen LogP contribution in [-0.2, 0) is 0 Å². The van der Waals surface area contributed by atoms with Gasteiger partial charge in [0.15, 0.2) is 0 Å². The predicted molar refractivity (Wildman–Crippen MR) is 87.1 cm³/mol. The molecule has 0 unspecified atom stereocenters. The van der Waals surface area contributed by atoms with Crippen molar-refractivity contribution in [2.24, 2.45) is 0 Å². The molecule has 0 aliphatic heterocycles. The van der Waals surface area contributed by atoms with Crippen molar-refractivity contribution in [3.8, 4) is 5.75 Å². The third kappa shape index (κ3) is 3.58. The van der Waals surface area contributed by atoms with Gasteiger partial charge in [-0.25, -0.2) is 4.79 Å². The number of nitrogens with one attached hydrogen (secondary N) is 1. The van der Waals surface area contributed by atoms with E-state index in [0.29, 0.717) is 15.8 Å². The Balaban J connectivity index is 2.35. The van der Waals surface area contributed by atoms with Gasteiger partial charge in [0.1, 0.15) is 5.75 Å². The quantitative estimate of drug-likeness (QED) is 0.833. The first kappa shape index (κ1) is 16.3. The lowest BCUT2D eigenvalue weighted by Gasteiger charge is -2.11. The zero-order valence-corrected chi connectivity index (χ0v) is 13.7. The number of anilines is 1. The van der Waals surface area contributed by atoms with E-state index < -0.39 is 11.9 Å². The summed E-state index contributed by atoms with van der Waals surface area (Å²) in [5.41, 5.74) is 0.545. The van der Waals surface area contributed by atoms with Gasteiger partial charge < -0.3 is 15.2 Å². The maximum atomic E-state index is 12.4. The van der Waals surface area contributed by atoms with Crippen LogP contribution in [0.4, 0.5) is 5.69 Å². The Morgan fingerprint density at radius 3 is 2.59 bits per heavy atom. The average Bonchev–Trinajstić information content (AvgIpc) is 2.49. The second-order valence-electron chi connectivity index (χ2n) is 4.30. The van der Waals surface area contributed by atoms with Crippen LogP contribution in [0.3, 0.4) is 0 Å². The molecule has 0 aromatic heterocycles. The molecule has 0 saturated heterocycles. The van der Waals surface area contributed by atoms with Gasteiger partial charge in [-0.2, -0.15) is 0 Å². The molecule has 0 aliphatic rings. The number of rotatable bonds is 4. The summed E-state index contributed by atoms with van der Waals surface area (Å²) in [4.78, 5) is 23.3. The summed E-state index contributed by atoms with van der Waals surface area (Å²) in [5, 5.41) is 11.8. The molecule has 5 nitrogen and oxygen atoms in total. The van der Waals surface area contributed by atoms with Crippen LogP contribution in [0.25, 0.3) is 0 Å². The van der Waals surface area contributed by atoms with Gasteiger partial charge in [-0.05, 0) is 36.4 Å². The summed E-state index contributed by atoms with van der Waals surface area (Å²) in [6.07, 6.45) is 0. The fraction of sp³-hybridized carbons (Fsp3) is 0.0667. The zero-order chi connectivity index (χ0) is 16.3. The number of halogens is 2. The number of carbonyl (C=O) groups is 2. The van der Waals surface area contributed by atoms with Gasteiger partial charge in [0.05, 0.1) is 28.9 Å². The highest BCUT2D eigenvalue weighted by Crippen LogP contribution is 2.27. The van der Waals surface area contributed by atoms with Gasteiger partial charge in [0.25, 0.3) is 5.91 Å². The average molecular weight is 385 g/mol. The van der Waals surface area contributed by atoms with E-state index in [4.69, 9.17) is 21.4 Å². The highest BCUT2D eigenvalue weighted by molar-refractivity contribution is 9.10. The first-order valence-corrected chi connectivity index (χ1v) is 7.27. The van der Waals surface area contributed by atoms with Crippen molar-refractivity contribution in [2.75, 3.05) is 12.4 Å². The molecule has 0 heterocycles. The minimum atomic E-state index is -1.10. The van der Waals surface area contributed by atoms with Crippen molar-refractivity contribution in [3.05, 3.63) is 57.0 Å². The van der Waals surface area contributed by atoms with Gasteiger partial charge in [0.2, 0.25) is 0 Å². The van der Waals surface area contributed by atoms with Crippen LogP contribution in [-0.4, -0.2) is 24.1 Å². The highest BCUT2D eigenvalue weighted by Gasteiger charge is 2.15. The normalized spacial score (nSPS) is 10.1. The molecule has 0 spiro atoms. The smallest absolute Gasteiger partial charge is 0.335 e. The lowest BCUT2D eigenvalue weighted by atomic mass is 10.1. The largest absolute Gasteiger partial charge is 0.496 e. The molecule has 114 valence electrons. The second kappa shape index (κ2) is 6.81. The van der Waals surface area contributed by atoms with E-state index in [-0.39, 0.29) is 16.3 Å². The van der Waals surface area contributed by atoms with E-state index in [1.165, 1.54) is 25.3 Å². The van der Waals surface area contributed by atoms with Crippen LogP contribution in [0.15, 0.2) is 40.9 Å². The molecule has 1 amide bonds. The van der Waals surface area contributed by atoms with Crippen LogP contribution in [0.1, 0.15) is 20.7 Å². The SMILES string of the molecule is COc1ccc(Br)cc1C(=O)Nc1cc(C(=O)O)ccc1Cl. The summed E-state index contributed by atoms with van der Waals surface area (Å²) in [6, 6.07) is 9.07. The molecule has 0 bridgehead atoms. The summed E-state index contributed by atoms with van der Waals surface area (Å²) < 4.78 is 5.85. The van der Waals surface area contributed by atoms with Crippen LogP contribution < -0.4 is 10.1 Å². The fourth-order valence-electron chi connectivity index (χ4n) is 1.80. The molecule has 7 heteroatoms. The molecular formula is C15H11BrClNO4. The molecule has 2 aromatic carbocycles. The van der Waals surface area contributed by atoms with E-state index in [1.807, 2.05) is 0 Å². The van der Waals surface area contributed by atoms with E-state index in [2.05, 4.69) is 21.2 Å². The minimum absolute atomic E-state index is 0.0286. The molecular weight excluding hydrogens is 374 g/mol. The topological polar surface area (TPSA) is 75.6 Å². The van der Waals surface area contributed by atoms with Gasteiger partial charge in [-0.3, -0.25) is 4.79 Å². The maximum absolute atomic E-state index is 12.4. The predicted octanol–water partition coefficient (Wildman–Crippen LogP) is 4.06. The number of hydrogen-bond donors (Lipinski definition) is 2. The Kier molecular flexibility index (Phi) is 5.05. The number of carbonyl (C=O) groups excluding carboxylic acids is 1. The molecule has 2 rings (SSSR count). The molecule has 0 aliphatic carbocycles. The van der Waals surface area contributed by atoms with Crippen molar-refractivity contribution in [1.82, 2.24) is 0 Å². The molecule has 22 heavy (non-hydrogen) atoms. The van der Waals surface area contributed by atoms with Crippen molar-refractivity contribution in [2.45, 2.75) is 0 Å². The van der Waals surface area contributed by atoms with Crippen LogP contribution in [0, 0.1) is 0 Å². The number of ether oxygens (including phenoxy) is 1. The monoisotopic (exact) mass is 383 g/mol.